The van der Waals surface area contributed by atoms with Crippen LogP contribution in [0.3, 0.4) is 0 Å². The van der Waals surface area contributed by atoms with E-state index in [1.54, 1.807) is 6.92 Å². The molecule has 3 rings (SSSR count). The van der Waals surface area contributed by atoms with Gasteiger partial charge in [-0.1, -0.05) is 49.4 Å². The molecule has 0 fully saturated rings. The van der Waals surface area contributed by atoms with Gasteiger partial charge in [0.2, 0.25) is 11.8 Å². The van der Waals surface area contributed by atoms with Gasteiger partial charge in [-0.15, -0.1) is 0 Å². The van der Waals surface area contributed by atoms with Crippen molar-refractivity contribution < 1.29 is 9.59 Å². The number of nitrogens with one attached hydrogen (secondary N) is 1. The fourth-order valence-corrected chi connectivity index (χ4v) is 3.82. The molecular weight excluding hydrogens is 324 g/mol. The maximum atomic E-state index is 12.8. The van der Waals surface area contributed by atoms with Gasteiger partial charge in [0.15, 0.2) is 0 Å². The van der Waals surface area contributed by atoms with Crippen LogP contribution in [0.4, 0.5) is 5.69 Å². The fraction of sp³-hybridized carbons (Fsp3) is 0.364. The highest BCUT2D eigenvalue weighted by atomic mass is 16.2. The van der Waals surface area contributed by atoms with Gasteiger partial charge in [-0.25, -0.2) is 0 Å². The van der Waals surface area contributed by atoms with E-state index >= 15 is 0 Å². The van der Waals surface area contributed by atoms with Gasteiger partial charge in [-0.3, -0.25) is 9.59 Å². The number of carbonyl (C=O) groups is 2. The first-order chi connectivity index (χ1) is 12.5. The molecule has 1 aliphatic heterocycles. The lowest BCUT2D eigenvalue weighted by Gasteiger charge is -2.36. The third-order valence-electron chi connectivity index (χ3n) is 5.20. The molecule has 26 heavy (non-hydrogen) atoms. The first-order valence-corrected chi connectivity index (χ1v) is 9.24. The third-order valence-corrected chi connectivity index (χ3v) is 5.20. The van der Waals surface area contributed by atoms with E-state index in [-0.39, 0.29) is 24.3 Å². The van der Waals surface area contributed by atoms with Crippen molar-refractivity contribution in [3.63, 3.8) is 0 Å². The molecule has 4 heteroatoms. The summed E-state index contributed by atoms with van der Waals surface area (Å²) in [7, 11) is 0. The van der Waals surface area contributed by atoms with E-state index in [9.17, 15) is 9.59 Å². The minimum atomic E-state index is -0.202. The molecule has 1 aliphatic rings. The van der Waals surface area contributed by atoms with Gasteiger partial charge >= 0.3 is 0 Å². The SMILES string of the molecule is CCc1cccc(C)c1NC(=O)CC1c2ccccc2CCN1C(C)=O. The Labute approximate surface area is 155 Å². The van der Waals surface area contributed by atoms with Crippen molar-refractivity contribution in [2.75, 3.05) is 11.9 Å². The van der Waals surface area contributed by atoms with E-state index in [0.29, 0.717) is 6.54 Å². The first-order valence-electron chi connectivity index (χ1n) is 9.24. The summed E-state index contributed by atoms with van der Waals surface area (Å²) in [5, 5.41) is 3.09. The third kappa shape index (κ3) is 3.64. The number of anilines is 1. The molecule has 0 radical (unpaired) electrons. The van der Waals surface area contributed by atoms with Crippen LogP contribution in [-0.2, 0) is 22.4 Å². The second kappa shape index (κ2) is 7.73. The van der Waals surface area contributed by atoms with Crippen LogP contribution in [0.25, 0.3) is 0 Å². The van der Waals surface area contributed by atoms with Crippen LogP contribution in [0.15, 0.2) is 42.5 Å². The molecule has 4 nitrogen and oxygen atoms in total. The Bertz CT molecular complexity index is 829. The molecule has 0 saturated heterocycles. The molecular formula is C22H26N2O2. The molecule has 0 aliphatic carbocycles. The Morgan fingerprint density at radius 3 is 2.65 bits per heavy atom. The van der Waals surface area contributed by atoms with E-state index in [0.717, 1.165) is 35.2 Å². The summed E-state index contributed by atoms with van der Waals surface area (Å²) in [6.45, 7) is 6.33. The molecule has 0 spiro atoms. The van der Waals surface area contributed by atoms with Crippen molar-refractivity contribution in [3.8, 4) is 0 Å². The van der Waals surface area contributed by atoms with E-state index < -0.39 is 0 Å². The fourth-order valence-electron chi connectivity index (χ4n) is 3.82. The second-order valence-electron chi connectivity index (χ2n) is 6.89. The Hall–Kier alpha value is -2.62. The Morgan fingerprint density at radius 2 is 1.92 bits per heavy atom. The number of para-hydroxylation sites is 1. The maximum Gasteiger partial charge on any atom is 0.226 e. The second-order valence-corrected chi connectivity index (χ2v) is 6.89. The van der Waals surface area contributed by atoms with Gasteiger partial charge in [0.05, 0.1) is 12.5 Å². The molecule has 2 aromatic rings. The van der Waals surface area contributed by atoms with Crippen LogP contribution >= 0.6 is 0 Å². The number of carbonyl (C=O) groups excluding carboxylic acids is 2. The van der Waals surface area contributed by atoms with Crippen LogP contribution in [-0.4, -0.2) is 23.3 Å². The number of rotatable bonds is 4. The largest absolute Gasteiger partial charge is 0.335 e. The zero-order chi connectivity index (χ0) is 18.7. The zero-order valence-electron chi connectivity index (χ0n) is 15.7. The monoisotopic (exact) mass is 350 g/mol. The number of nitrogens with zero attached hydrogens (tertiary/aromatic N) is 1. The van der Waals surface area contributed by atoms with Crippen LogP contribution in [0.5, 0.6) is 0 Å². The van der Waals surface area contributed by atoms with Crippen LogP contribution < -0.4 is 5.32 Å². The first kappa shape index (κ1) is 18.2. The summed E-state index contributed by atoms with van der Waals surface area (Å²) in [6, 6.07) is 14.0. The van der Waals surface area contributed by atoms with Crippen LogP contribution in [0, 0.1) is 6.92 Å². The average molecular weight is 350 g/mol. The van der Waals surface area contributed by atoms with Crippen molar-refractivity contribution in [2.24, 2.45) is 0 Å². The number of aryl methyl sites for hydroxylation is 2. The maximum absolute atomic E-state index is 12.8. The molecule has 2 amide bonds. The van der Waals surface area contributed by atoms with Crippen molar-refractivity contribution in [1.29, 1.82) is 0 Å². The lowest BCUT2D eigenvalue weighted by atomic mass is 9.90. The highest BCUT2D eigenvalue weighted by molar-refractivity contribution is 5.93. The van der Waals surface area contributed by atoms with Crippen molar-refractivity contribution in [1.82, 2.24) is 4.90 Å². The van der Waals surface area contributed by atoms with Crippen LogP contribution in [0.1, 0.15) is 48.6 Å². The summed E-state index contributed by atoms with van der Waals surface area (Å²) < 4.78 is 0. The van der Waals surface area contributed by atoms with Crippen molar-refractivity contribution in [3.05, 3.63) is 64.7 Å². The Balaban J connectivity index is 1.84. The van der Waals surface area contributed by atoms with Gasteiger partial charge in [-0.05, 0) is 42.0 Å². The van der Waals surface area contributed by atoms with Gasteiger partial charge < -0.3 is 10.2 Å². The summed E-state index contributed by atoms with van der Waals surface area (Å²) in [6.07, 6.45) is 1.98. The minimum absolute atomic E-state index is 0.0161. The Morgan fingerprint density at radius 1 is 1.15 bits per heavy atom. The summed E-state index contributed by atoms with van der Waals surface area (Å²) >= 11 is 0. The standard InChI is InChI=1S/C22H26N2O2/c1-4-17-10-7-8-15(2)22(17)23-21(26)14-20-19-11-6-5-9-18(19)12-13-24(20)16(3)25/h5-11,20H,4,12-14H2,1-3H3,(H,23,26). The number of hydrogen-bond acceptors (Lipinski definition) is 2. The Kier molecular flexibility index (Phi) is 5.40. The quantitative estimate of drug-likeness (QED) is 0.905. The molecule has 0 bridgehead atoms. The molecule has 1 N–H and O–H groups in total. The average Bonchev–Trinajstić information content (AvgIpc) is 2.63. The van der Waals surface area contributed by atoms with E-state index in [1.165, 1.54) is 5.56 Å². The van der Waals surface area contributed by atoms with E-state index in [1.807, 2.05) is 48.2 Å². The zero-order valence-corrected chi connectivity index (χ0v) is 15.7. The normalized spacial score (nSPS) is 16.1. The number of hydrogen-bond donors (Lipinski definition) is 1. The highest BCUT2D eigenvalue weighted by Gasteiger charge is 2.30. The summed E-state index contributed by atoms with van der Waals surface area (Å²) in [4.78, 5) is 26.8. The van der Waals surface area contributed by atoms with Gasteiger partial charge in [0, 0.05) is 19.2 Å². The summed E-state index contributed by atoms with van der Waals surface area (Å²) in [5.41, 5.74) is 5.41. The number of fused-ring (bicyclic) bond motifs is 1. The van der Waals surface area contributed by atoms with Crippen molar-refractivity contribution >= 4 is 17.5 Å². The highest BCUT2D eigenvalue weighted by Crippen LogP contribution is 2.33. The van der Waals surface area contributed by atoms with E-state index in [2.05, 4.69) is 18.3 Å². The molecule has 0 saturated carbocycles. The molecule has 1 unspecified atom stereocenters. The van der Waals surface area contributed by atoms with Gasteiger partial charge in [0.1, 0.15) is 0 Å². The number of amides is 2. The predicted octanol–water partition coefficient (Wildman–Crippen LogP) is 4.03. The number of benzene rings is 2. The molecule has 136 valence electrons. The topological polar surface area (TPSA) is 49.4 Å². The molecule has 2 aromatic carbocycles. The lowest BCUT2D eigenvalue weighted by Crippen LogP contribution is -2.40. The van der Waals surface area contributed by atoms with Crippen molar-refractivity contribution in [2.45, 2.75) is 46.1 Å². The minimum Gasteiger partial charge on any atom is -0.335 e. The molecule has 0 aromatic heterocycles. The lowest BCUT2D eigenvalue weighted by molar-refractivity contribution is -0.132. The molecule has 1 heterocycles. The predicted molar refractivity (Wildman–Crippen MR) is 104 cm³/mol. The van der Waals surface area contributed by atoms with Crippen LogP contribution in [0.2, 0.25) is 0 Å². The van der Waals surface area contributed by atoms with E-state index in [4.69, 9.17) is 0 Å². The van der Waals surface area contributed by atoms with Gasteiger partial charge in [0.25, 0.3) is 0 Å². The van der Waals surface area contributed by atoms with Gasteiger partial charge in [-0.2, -0.15) is 0 Å². The molecule has 1 atom stereocenters. The smallest absolute Gasteiger partial charge is 0.226 e. The summed E-state index contributed by atoms with van der Waals surface area (Å²) in [5.74, 6) is -0.0376.